The van der Waals surface area contributed by atoms with Gasteiger partial charge in [0.05, 0.1) is 5.56 Å². The molecule has 0 fully saturated rings. The largest absolute Gasteiger partial charge is 0.416 e. The molecule has 0 unspecified atom stereocenters. The van der Waals surface area contributed by atoms with Crippen molar-refractivity contribution in [2.24, 2.45) is 0 Å². The van der Waals surface area contributed by atoms with Crippen molar-refractivity contribution in [2.45, 2.75) is 13.1 Å². The molecule has 1 amide bonds. The summed E-state index contributed by atoms with van der Waals surface area (Å²) in [6.07, 6.45) is -3.18. The van der Waals surface area contributed by atoms with Crippen molar-refractivity contribution in [3.8, 4) is 6.07 Å². The van der Waals surface area contributed by atoms with Crippen molar-refractivity contribution in [1.82, 2.24) is 0 Å². The van der Waals surface area contributed by atoms with Crippen LogP contribution in [0.3, 0.4) is 0 Å². The van der Waals surface area contributed by atoms with Gasteiger partial charge in [-0.15, -0.1) is 0 Å². The first-order valence-corrected chi connectivity index (χ1v) is 6.97. The molecule has 2 aromatic carbocycles. The number of aryl methyl sites for hydroxylation is 1. The number of nitrogens with zero attached hydrogens (tertiary/aromatic N) is 1. The smallest absolute Gasteiger partial charge is 0.321 e. The van der Waals surface area contributed by atoms with Gasteiger partial charge in [-0.25, -0.2) is 0 Å². The van der Waals surface area contributed by atoms with Crippen LogP contribution in [0.5, 0.6) is 0 Å². The molecule has 0 aliphatic rings. The number of alkyl halides is 3. The van der Waals surface area contributed by atoms with E-state index in [1.165, 1.54) is 18.2 Å². The van der Waals surface area contributed by atoms with Crippen molar-refractivity contribution in [3.63, 3.8) is 0 Å². The van der Waals surface area contributed by atoms with Crippen LogP contribution in [0.1, 0.15) is 16.7 Å². The van der Waals surface area contributed by atoms with Gasteiger partial charge in [-0.3, -0.25) is 4.79 Å². The van der Waals surface area contributed by atoms with Crippen molar-refractivity contribution >= 4 is 17.7 Å². The minimum atomic E-state index is -4.43. The highest BCUT2D eigenvalue weighted by molar-refractivity contribution is 6.09. The molecule has 0 atom stereocenters. The van der Waals surface area contributed by atoms with Crippen LogP contribution < -0.4 is 5.32 Å². The molecule has 0 spiro atoms. The number of nitrogens with one attached hydrogen (secondary N) is 1. The van der Waals surface area contributed by atoms with Crippen LogP contribution >= 0.6 is 0 Å². The van der Waals surface area contributed by atoms with Crippen LogP contribution in [-0.2, 0) is 11.0 Å². The molecule has 1 N–H and O–H groups in total. The Labute approximate surface area is 137 Å². The summed E-state index contributed by atoms with van der Waals surface area (Å²) in [5.41, 5.74) is 0.744. The number of carbonyl (C=O) groups is 1. The number of halogens is 3. The number of hydrogen-bond donors (Lipinski definition) is 1. The van der Waals surface area contributed by atoms with E-state index in [2.05, 4.69) is 5.32 Å². The van der Waals surface area contributed by atoms with Gasteiger partial charge in [0.1, 0.15) is 11.6 Å². The number of rotatable bonds is 3. The zero-order valence-corrected chi connectivity index (χ0v) is 12.7. The molecule has 0 radical (unpaired) electrons. The van der Waals surface area contributed by atoms with Gasteiger partial charge >= 0.3 is 6.18 Å². The molecule has 0 bridgehead atoms. The highest BCUT2D eigenvalue weighted by Crippen LogP contribution is 2.29. The Bertz CT molecular complexity index is 815. The Morgan fingerprint density at radius 1 is 1.12 bits per heavy atom. The third-order valence-corrected chi connectivity index (χ3v) is 3.31. The number of hydrogen-bond acceptors (Lipinski definition) is 2. The van der Waals surface area contributed by atoms with Gasteiger partial charge in [0, 0.05) is 5.69 Å². The van der Waals surface area contributed by atoms with Crippen molar-refractivity contribution in [2.75, 3.05) is 5.32 Å². The van der Waals surface area contributed by atoms with E-state index in [1.54, 1.807) is 31.2 Å². The third-order valence-electron chi connectivity index (χ3n) is 3.31. The molecule has 122 valence electrons. The zero-order chi connectivity index (χ0) is 17.7. The fourth-order valence-electron chi connectivity index (χ4n) is 1.99. The molecule has 3 nitrogen and oxygen atoms in total. The number of amides is 1. The Hall–Kier alpha value is -3.07. The van der Waals surface area contributed by atoms with Crippen LogP contribution in [0.25, 0.3) is 6.08 Å². The summed E-state index contributed by atoms with van der Waals surface area (Å²) in [4.78, 5) is 12.1. The molecule has 2 rings (SSSR count). The number of anilines is 1. The molecule has 0 aliphatic carbocycles. The number of para-hydroxylation sites is 1. The molecular weight excluding hydrogens is 317 g/mol. The van der Waals surface area contributed by atoms with Gasteiger partial charge in [0.25, 0.3) is 5.91 Å². The average molecular weight is 330 g/mol. The fraction of sp³-hybridized carbons (Fsp3) is 0.111. The Morgan fingerprint density at radius 2 is 1.75 bits per heavy atom. The predicted octanol–water partition coefficient (Wildman–Crippen LogP) is 4.56. The standard InChI is InChI=1S/C18H13F3N2O/c1-12-4-2-3-5-16(12)23-17(24)14(11-22)10-13-6-8-15(9-7-13)18(19,20)21/h2-10H,1H3,(H,23,24). The average Bonchev–Trinajstić information content (AvgIpc) is 2.54. The molecule has 0 saturated carbocycles. The molecule has 24 heavy (non-hydrogen) atoms. The number of carbonyl (C=O) groups excluding carboxylic acids is 1. The Balaban J connectivity index is 2.21. The summed E-state index contributed by atoms with van der Waals surface area (Å²) in [6, 6.07) is 13.0. The van der Waals surface area contributed by atoms with Crippen LogP contribution in [0.4, 0.5) is 18.9 Å². The van der Waals surface area contributed by atoms with E-state index < -0.39 is 17.6 Å². The summed E-state index contributed by atoms with van der Waals surface area (Å²) < 4.78 is 37.6. The maximum atomic E-state index is 12.5. The molecule has 0 aliphatic heterocycles. The van der Waals surface area contributed by atoms with Crippen molar-refractivity contribution < 1.29 is 18.0 Å². The van der Waals surface area contributed by atoms with E-state index in [-0.39, 0.29) is 5.57 Å². The second-order valence-electron chi connectivity index (χ2n) is 5.06. The second-order valence-corrected chi connectivity index (χ2v) is 5.06. The van der Waals surface area contributed by atoms with Crippen LogP contribution in [0, 0.1) is 18.3 Å². The van der Waals surface area contributed by atoms with E-state index in [4.69, 9.17) is 5.26 Å². The van der Waals surface area contributed by atoms with Gasteiger partial charge in [-0.2, -0.15) is 18.4 Å². The minimum Gasteiger partial charge on any atom is -0.321 e. The van der Waals surface area contributed by atoms with Gasteiger partial charge < -0.3 is 5.32 Å². The molecule has 0 saturated heterocycles. The topological polar surface area (TPSA) is 52.9 Å². The van der Waals surface area contributed by atoms with Crippen LogP contribution in [0.2, 0.25) is 0 Å². The van der Waals surface area contributed by atoms with Gasteiger partial charge in [0.15, 0.2) is 0 Å². The summed E-state index contributed by atoms with van der Waals surface area (Å²) in [7, 11) is 0. The van der Waals surface area contributed by atoms with Crippen LogP contribution in [-0.4, -0.2) is 5.91 Å². The van der Waals surface area contributed by atoms with Gasteiger partial charge in [0.2, 0.25) is 0 Å². The highest BCUT2D eigenvalue weighted by Gasteiger charge is 2.29. The second kappa shape index (κ2) is 7.01. The Kier molecular flexibility index (Phi) is 5.05. The van der Waals surface area contributed by atoms with Crippen LogP contribution in [0.15, 0.2) is 54.1 Å². The zero-order valence-electron chi connectivity index (χ0n) is 12.7. The van der Waals surface area contributed by atoms with Crippen molar-refractivity contribution in [3.05, 3.63) is 70.8 Å². The summed E-state index contributed by atoms with van der Waals surface area (Å²) in [5, 5.41) is 11.7. The normalized spacial score (nSPS) is 11.7. The molecule has 0 aromatic heterocycles. The molecular formula is C18H13F3N2O. The van der Waals surface area contributed by atoms with E-state index >= 15 is 0 Å². The van der Waals surface area contributed by atoms with E-state index in [9.17, 15) is 18.0 Å². The maximum Gasteiger partial charge on any atom is 0.416 e. The van der Waals surface area contributed by atoms with E-state index in [1.807, 2.05) is 6.07 Å². The Morgan fingerprint density at radius 3 is 2.29 bits per heavy atom. The first-order valence-electron chi connectivity index (χ1n) is 6.97. The minimum absolute atomic E-state index is 0.196. The summed E-state index contributed by atoms with van der Waals surface area (Å²) in [6.45, 7) is 1.81. The molecule has 6 heteroatoms. The number of benzene rings is 2. The van der Waals surface area contributed by atoms with Gasteiger partial charge in [-0.05, 0) is 42.3 Å². The lowest BCUT2D eigenvalue weighted by molar-refractivity contribution is -0.137. The highest BCUT2D eigenvalue weighted by atomic mass is 19.4. The predicted molar refractivity (Wildman–Crippen MR) is 84.8 cm³/mol. The maximum absolute atomic E-state index is 12.5. The molecule has 2 aromatic rings. The third kappa shape index (κ3) is 4.23. The first-order chi connectivity index (χ1) is 11.3. The number of nitriles is 1. The lowest BCUT2D eigenvalue weighted by atomic mass is 10.1. The van der Waals surface area contributed by atoms with E-state index in [0.717, 1.165) is 17.7 Å². The lowest BCUT2D eigenvalue weighted by Crippen LogP contribution is -2.14. The van der Waals surface area contributed by atoms with E-state index in [0.29, 0.717) is 11.3 Å². The van der Waals surface area contributed by atoms with Gasteiger partial charge in [-0.1, -0.05) is 30.3 Å². The first kappa shape index (κ1) is 17.3. The van der Waals surface area contributed by atoms with Crippen molar-refractivity contribution in [1.29, 1.82) is 5.26 Å². The summed E-state index contributed by atoms with van der Waals surface area (Å²) >= 11 is 0. The monoisotopic (exact) mass is 330 g/mol. The quantitative estimate of drug-likeness (QED) is 0.662. The fourth-order valence-corrected chi connectivity index (χ4v) is 1.99. The molecule has 0 heterocycles. The summed E-state index contributed by atoms with van der Waals surface area (Å²) in [5.74, 6) is -0.619. The SMILES string of the molecule is Cc1ccccc1NC(=O)C(C#N)=Cc1ccc(C(F)(F)F)cc1. The lowest BCUT2D eigenvalue weighted by Gasteiger charge is -2.08.